The van der Waals surface area contributed by atoms with Gasteiger partial charge >= 0.3 is 0 Å². The number of unbranched alkanes of at least 4 members (excludes halogenated alkanes) is 3. The number of nitrogens with zero attached hydrogens (tertiary/aromatic N) is 1. The van der Waals surface area contributed by atoms with E-state index < -0.39 is 0 Å². The molecular formula is C18H28N2O2. The van der Waals surface area contributed by atoms with E-state index in [1.54, 1.807) is 0 Å². The summed E-state index contributed by atoms with van der Waals surface area (Å²) in [5, 5.41) is 0. The largest absolute Gasteiger partial charge is 0.378 e. The maximum atomic E-state index is 12.3. The molecule has 1 aliphatic heterocycles. The van der Waals surface area contributed by atoms with Crippen LogP contribution in [0.1, 0.15) is 39.0 Å². The minimum Gasteiger partial charge on any atom is -0.378 e. The fourth-order valence-corrected chi connectivity index (χ4v) is 2.81. The van der Waals surface area contributed by atoms with Crippen molar-refractivity contribution >= 4 is 5.78 Å². The summed E-state index contributed by atoms with van der Waals surface area (Å²) in [4.78, 5) is 14.6. The number of ketones is 1. The van der Waals surface area contributed by atoms with E-state index >= 15 is 0 Å². The molecule has 0 spiro atoms. The Labute approximate surface area is 133 Å². The fraction of sp³-hybridized carbons (Fsp3) is 0.611. The SMILES string of the molecule is CCCCCCC(=O)C1=CC(N)C=C(N2CCOCC2)C=C1. The Balaban J connectivity index is 1.93. The molecule has 0 bridgehead atoms. The standard InChI is InChI=1S/C18H28N2O2/c1-2-3-4-5-6-18(21)15-7-8-17(14-16(19)13-15)20-9-11-22-12-10-20/h7-8,13-14,16H,2-6,9-12,19H2,1H3. The molecule has 2 aliphatic rings. The summed E-state index contributed by atoms with van der Waals surface area (Å²) in [5.74, 6) is 0.208. The van der Waals surface area contributed by atoms with E-state index in [0.717, 1.165) is 50.4 Å². The molecule has 0 aromatic carbocycles. The second-order valence-electron chi connectivity index (χ2n) is 5.96. The first-order valence-corrected chi connectivity index (χ1v) is 8.44. The van der Waals surface area contributed by atoms with Gasteiger partial charge in [-0.1, -0.05) is 32.3 Å². The summed E-state index contributed by atoms with van der Waals surface area (Å²) in [6, 6.07) is -0.206. The molecule has 22 heavy (non-hydrogen) atoms. The van der Waals surface area contributed by atoms with E-state index in [1.807, 2.05) is 24.3 Å². The van der Waals surface area contributed by atoms with E-state index in [2.05, 4.69) is 11.8 Å². The molecule has 4 heteroatoms. The van der Waals surface area contributed by atoms with Crippen LogP contribution in [0.2, 0.25) is 0 Å². The monoisotopic (exact) mass is 304 g/mol. The van der Waals surface area contributed by atoms with Crippen LogP contribution in [0.25, 0.3) is 0 Å². The minimum atomic E-state index is -0.206. The maximum Gasteiger partial charge on any atom is 0.162 e. The van der Waals surface area contributed by atoms with Crippen LogP contribution in [0.5, 0.6) is 0 Å². The van der Waals surface area contributed by atoms with Gasteiger partial charge in [0.05, 0.1) is 13.2 Å². The van der Waals surface area contributed by atoms with Crippen LogP contribution in [-0.4, -0.2) is 43.0 Å². The molecule has 1 heterocycles. The highest BCUT2D eigenvalue weighted by atomic mass is 16.5. The Morgan fingerprint density at radius 3 is 2.73 bits per heavy atom. The number of carbonyl (C=O) groups excluding carboxylic acids is 1. The number of rotatable bonds is 7. The number of nitrogens with two attached hydrogens (primary N) is 1. The molecule has 1 atom stereocenters. The van der Waals surface area contributed by atoms with E-state index in [0.29, 0.717) is 6.42 Å². The Hall–Kier alpha value is -1.39. The van der Waals surface area contributed by atoms with Crippen molar-refractivity contribution in [2.45, 2.75) is 45.1 Å². The van der Waals surface area contributed by atoms with Crippen molar-refractivity contribution in [3.05, 3.63) is 35.6 Å². The van der Waals surface area contributed by atoms with Gasteiger partial charge < -0.3 is 15.4 Å². The quantitative estimate of drug-likeness (QED) is 0.735. The number of allylic oxidation sites excluding steroid dienone is 3. The zero-order valence-corrected chi connectivity index (χ0v) is 13.6. The molecule has 0 amide bonds. The van der Waals surface area contributed by atoms with Gasteiger partial charge in [0, 0.05) is 36.8 Å². The van der Waals surface area contributed by atoms with Crippen LogP contribution in [0.15, 0.2) is 35.6 Å². The van der Waals surface area contributed by atoms with Crippen molar-refractivity contribution in [3.8, 4) is 0 Å². The molecule has 1 saturated heterocycles. The Morgan fingerprint density at radius 2 is 2.00 bits per heavy atom. The van der Waals surface area contributed by atoms with Crippen molar-refractivity contribution in [3.63, 3.8) is 0 Å². The van der Waals surface area contributed by atoms with E-state index in [9.17, 15) is 4.79 Å². The molecule has 1 unspecified atom stereocenters. The van der Waals surface area contributed by atoms with Gasteiger partial charge in [0.2, 0.25) is 0 Å². The van der Waals surface area contributed by atoms with Crippen molar-refractivity contribution in [1.82, 2.24) is 4.90 Å². The van der Waals surface area contributed by atoms with Gasteiger partial charge in [0.1, 0.15) is 0 Å². The third kappa shape index (κ3) is 5.11. The smallest absolute Gasteiger partial charge is 0.162 e. The first-order chi connectivity index (χ1) is 10.7. The van der Waals surface area contributed by atoms with Gasteiger partial charge in [-0.2, -0.15) is 0 Å². The van der Waals surface area contributed by atoms with Crippen LogP contribution < -0.4 is 5.73 Å². The van der Waals surface area contributed by atoms with Crippen molar-refractivity contribution in [2.24, 2.45) is 5.73 Å². The van der Waals surface area contributed by atoms with Gasteiger partial charge in [0.25, 0.3) is 0 Å². The lowest BCUT2D eigenvalue weighted by molar-refractivity contribution is -0.115. The van der Waals surface area contributed by atoms with Crippen LogP contribution in [0.3, 0.4) is 0 Å². The van der Waals surface area contributed by atoms with Gasteiger partial charge in [0.15, 0.2) is 5.78 Å². The highest BCUT2D eigenvalue weighted by molar-refractivity contribution is 5.98. The lowest BCUT2D eigenvalue weighted by atomic mass is 10.0. The molecule has 1 aliphatic carbocycles. The topological polar surface area (TPSA) is 55.6 Å². The number of Topliss-reactive ketones (excluding diaryl/α,β-unsaturated/α-hetero) is 1. The summed E-state index contributed by atoms with van der Waals surface area (Å²) in [6.07, 6.45) is 13.0. The van der Waals surface area contributed by atoms with Crippen molar-refractivity contribution in [1.29, 1.82) is 0 Å². The summed E-state index contributed by atoms with van der Waals surface area (Å²) in [6.45, 7) is 5.43. The zero-order chi connectivity index (χ0) is 15.8. The molecule has 2 N–H and O–H groups in total. The maximum absolute atomic E-state index is 12.3. The van der Waals surface area contributed by atoms with Crippen LogP contribution in [0.4, 0.5) is 0 Å². The highest BCUT2D eigenvalue weighted by Gasteiger charge is 2.16. The molecule has 4 nitrogen and oxygen atoms in total. The molecule has 0 aromatic heterocycles. The van der Waals surface area contributed by atoms with Gasteiger partial charge in [-0.25, -0.2) is 0 Å². The third-order valence-electron chi connectivity index (χ3n) is 4.12. The van der Waals surface area contributed by atoms with Gasteiger partial charge in [-0.15, -0.1) is 0 Å². The van der Waals surface area contributed by atoms with Gasteiger partial charge in [-0.3, -0.25) is 4.79 Å². The van der Waals surface area contributed by atoms with E-state index in [-0.39, 0.29) is 11.8 Å². The highest BCUT2D eigenvalue weighted by Crippen LogP contribution is 2.17. The van der Waals surface area contributed by atoms with E-state index in [1.165, 1.54) is 12.8 Å². The van der Waals surface area contributed by atoms with Crippen LogP contribution >= 0.6 is 0 Å². The summed E-state index contributed by atoms with van der Waals surface area (Å²) < 4.78 is 5.38. The van der Waals surface area contributed by atoms with E-state index in [4.69, 9.17) is 10.5 Å². The molecule has 2 rings (SSSR count). The number of morpholine rings is 1. The molecule has 0 aromatic rings. The van der Waals surface area contributed by atoms with Crippen LogP contribution in [0, 0.1) is 0 Å². The number of hydrogen-bond donors (Lipinski definition) is 1. The summed E-state index contributed by atoms with van der Waals surface area (Å²) in [5.41, 5.74) is 7.98. The predicted molar refractivity (Wildman–Crippen MR) is 89.4 cm³/mol. The van der Waals surface area contributed by atoms with Gasteiger partial charge in [-0.05, 0) is 24.6 Å². The average molecular weight is 304 g/mol. The Morgan fingerprint density at radius 1 is 1.23 bits per heavy atom. The molecule has 1 fully saturated rings. The molecule has 0 saturated carbocycles. The lowest BCUT2D eigenvalue weighted by Crippen LogP contribution is -2.35. The van der Waals surface area contributed by atoms with Crippen molar-refractivity contribution < 1.29 is 9.53 Å². The third-order valence-corrected chi connectivity index (χ3v) is 4.12. The predicted octanol–water partition coefficient (Wildman–Crippen LogP) is 2.57. The molecule has 122 valence electrons. The minimum absolute atomic E-state index is 0.206. The number of hydrogen-bond acceptors (Lipinski definition) is 4. The first-order valence-electron chi connectivity index (χ1n) is 8.44. The lowest BCUT2D eigenvalue weighted by Gasteiger charge is -2.29. The molecular weight excluding hydrogens is 276 g/mol. The normalized spacial score (nSPS) is 22.1. The first kappa shape index (κ1) is 17.0. The number of carbonyl (C=O) groups is 1. The van der Waals surface area contributed by atoms with Crippen molar-refractivity contribution in [2.75, 3.05) is 26.3 Å². The summed E-state index contributed by atoms with van der Waals surface area (Å²) >= 11 is 0. The molecule has 0 radical (unpaired) electrons. The summed E-state index contributed by atoms with van der Waals surface area (Å²) in [7, 11) is 0. The zero-order valence-electron chi connectivity index (χ0n) is 13.6. The average Bonchev–Trinajstić information content (AvgIpc) is 2.74. The van der Waals surface area contributed by atoms with Crippen LogP contribution in [-0.2, 0) is 9.53 Å². The second-order valence-corrected chi connectivity index (χ2v) is 5.96. The Bertz CT molecular complexity index is 460. The second kappa shape index (κ2) is 8.91. The Kier molecular flexibility index (Phi) is 6.87. The number of ether oxygens (including phenoxy) is 1. The fourth-order valence-electron chi connectivity index (χ4n) is 2.81.